The van der Waals surface area contributed by atoms with E-state index in [-0.39, 0.29) is 22.6 Å². The zero-order valence-electron chi connectivity index (χ0n) is 24.7. The molecule has 3 atom stereocenters. The lowest BCUT2D eigenvalue weighted by Gasteiger charge is -2.26. The molecular weight excluding hydrogens is 618 g/mol. The largest absolute Gasteiger partial charge is 0.297 e. The second kappa shape index (κ2) is 13.5. The quantitative estimate of drug-likeness (QED) is 0.0717. The topological polar surface area (TPSA) is 136 Å². The molecular formula is C33H32FN3O6S2. The molecule has 0 unspecified atom stereocenters. The minimum atomic E-state index is -4.32. The SMILES string of the molecule is Cc1ccc(S(=O)(=O)OC[C@H](CC[C@@H]2c3ccccc3Cc3ccc(F)cc3[C@@H]2N=[N+]=[N-])OS(=O)(=O)c2ccc(C)cc2)cc1. The highest BCUT2D eigenvalue weighted by Crippen LogP contribution is 2.44. The Morgan fingerprint density at radius 2 is 1.44 bits per heavy atom. The molecule has 0 saturated carbocycles. The summed E-state index contributed by atoms with van der Waals surface area (Å²) in [6.07, 6.45) is -0.529. The Morgan fingerprint density at radius 3 is 2.09 bits per heavy atom. The first-order chi connectivity index (χ1) is 21.5. The fraction of sp³-hybridized carbons (Fsp3) is 0.273. The van der Waals surface area contributed by atoms with Crippen LogP contribution in [0.4, 0.5) is 4.39 Å². The summed E-state index contributed by atoms with van der Waals surface area (Å²) >= 11 is 0. The van der Waals surface area contributed by atoms with Crippen molar-refractivity contribution in [1.29, 1.82) is 0 Å². The summed E-state index contributed by atoms with van der Waals surface area (Å²) in [5, 5.41) is 4.07. The standard InChI is InChI=1S/C33H32FN3O6S2/c1-22-7-14-28(15-8-22)44(38,39)42-21-27(43-45(40,41)29-16-9-23(2)10-17-29)13-18-31-30-6-4-3-5-24(30)19-25-11-12-26(34)20-32(25)33(31)36-37-35/h3-12,14-17,20,27,31,33H,13,18-19,21H2,1-2H3/t27-,31+,33+/m0/s1. The maximum Gasteiger partial charge on any atom is 0.297 e. The van der Waals surface area contributed by atoms with Crippen LogP contribution in [0, 0.1) is 19.7 Å². The molecule has 0 bridgehead atoms. The Morgan fingerprint density at radius 1 is 0.844 bits per heavy atom. The predicted octanol–water partition coefficient (Wildman–Crippen LogP) is 7.44. The van der Waals surface area contributed by atoms with Crippen LogP contribution in [0.3, 0.4) is 0 Å². The zero-order chi connectivity index (χ0) is 32.2. The molecule has 1 aliphatic rings. The predicted molar refractivity (Wildman–Crippen MR) is 167 cm³/mol. The Kier molecular flexibility index (Phi) is 9.71. The maximum atomic E-state index is 14.5. The first-order valence-corrected chi connectivity index (χ1v) is 17.1. The van der Waals surface area contributed by atoms with Gasteiger partial charge in [-0.1, -0.05) is 70.8 Å². The van der Waals surface area contributed by atoms with Crippen molar-refractivity contribution in [2.24, 2.45) is 5.11 Å². The Hall–Kier alpha value is -4.06. The summed E-state index contributed by atoms with van der Waals surface area (Å²) in [7, 11) is -8.56. The molecule has 234 valence electrons. The van der Waals surface area contributed by atoms with Gasteiger partial charge in [0, 0.05) is 4.91 Å². The van der Waals surface area contributed by atoms with Crippen molar-refractivity contribution in [1.82, 2.24) is 0 Å². The second-order valence-corrected chi connectivity index (χ2v) is 14.3. The van der Waals surface area contributed by atoms with Gasteiger partial charge in [-0.2, -0.15) is 16.8 Å². The average Bonchev–Trinajstić information content (AvgIpc) is 3.13. The molecule has 5 rings (SSSR count). The van der Waals surface area contributed by atoms with E-state index in [1.54, 1.807) is 30.3 Å². The number of halogens is 1. The Bertz CT molecular complexity index is 1940. The van der Waals surface area contributed by atoms with E-state index < -0.39 is 50.7 Å². The number of azide groups is 1. The normalized spacial score (nSPS) is 17.0. The van der Waals surface area contributed by atoms with Gasteiger partial charge in [-0.25, -0.2) is 4.39 Å². The van der Waals surface area contributed by atoms with Gasteiger partial charge in [0.2, 0.25) is 0 Å². The summed E-state index contributed by atoms with van der Waals surface area (Å²) < 4.78 is 78.1. The van der Waals surface area contributed by atoms with Crippen LogP contribution in [0.1, 0.15) is 58.2 Å². The summed E-state index contributed by atoms with van der Waals surface area (Å²) in [4.78, 5) is 2.90. The molecule has 0 heterocycles. The van der Waals surface area contributed by atoms with Crippen molar-refractivity contribution in [3.63, 3.8) is 0 Å². The molecule has 0 aromatic heterocycles. The fourth-order valence-corrected chi connectivity index (χ4v) is 7.59. The minimum Gasteiger partial charge on any atom is -0.264 e. The summed E-state index contributed by atoms with van der Waals surface area (Å²) in [5.41, 5.74) is 14.4. The van der Waals surface area contributed by atoms with E-state index in [4.69, 9.17) is 8.37 Å². The third kappa shape index (κ3) is 7.61. The highest BCUT2D eigenvalue weighted by atomic mass is 32.2. The van der Waals surface area contributed by atoms with Crippen molar-refractivity contribution >= 4 is 20.2 Å². The summed E-state index contributed by atoms with van der Waals surface area (Å²) in [5.74, 6) is -0.973. The monoisotopic (exact) mass is 649 g/mol. The van der Waals surface area contributed by atoms with Crippen LogP contribution in [0.2, 0.25) is 0 Å². The lowest BCUT2D eigenvalue weighted by atomic mass is 9.83. The van der Waals surface area contributed by atoms with E-state index in [1.807, 2.05) is 38.1 Å². The number of hydrogen-bond donors (Lipinski definition) is 0. The third-order valence-corrected chi connectivity index (χ3v) is 10.6. The van der Waals surface area contributed by atoms with Crippen LogP contribution in [0.25, 0.3) is 10.4 Å². The van der Waals surface area contributed by atoms with E-state index in [0.717, 1.165) is 27.8 Å². The number of aryl methyl sites for hydroxylation is 2. The van der Waals surface area contributed by atoms with Gasteiger partial charge in [-0.05, 0) is 103 Å². The van der Waals surface area contributed by atoms with Gasteiger partial charge < -0.3 is 0 Å². The van der Waals surface area contributed by atoms with E-state index in [2.05, 4.69) is 10.0 Å². The molecule has 0 saturated heterocycles. The van der Waals surface area contributed by atoms with Crippen LogP contribution >= 0.6 is 0 Å². The zero-order valence-corrected chi connectivity index (χ0v) is 26.3. The minimum absolute atomic E-state index is 0.00953. The molecule has 45 heavy (non-hydrogen) atoms. The van der Waals surface area contributed by atoms with E-state index >= 15 is 0 Å². The van der Waals surface area contributed by atoms with E-state index in [0.29, 0.717) is 12.0 Å². The first kappa shape index (κ1) is 32.3. The molecule has 12 heteroatoms. The van der Waals surface area contributed by atoms with Crippen molar-refractivity contribution in [3.8, 4) is 0 Å². The molecule has 0 aliphatic heterocycles. The second-order valence-electron chi connectivity index (χ2n) is 11.1. The van der Waals surface area contributed by atoms with Gasteiger partial charge in [0.25, 0.3) is 20.2 Å². The molecule has 0 N–H and O–H groups in total. The van der Waals surface area contributed by atoms with E-state index in [1.165, 1.54) is 36.4 Å². The smallest absolute Gasteiger partial charge is 0.264 e. The lowest BCUT2D eigenvalue weighted by Crippen LogP contribution is -2.27. The highest BCUT2D eigenvalue weighted by Gasteiger charge is 2.33. The molecule has 4 aromatic rings. The highest BCUT2D eigenvalue weighted by molar-refractivity contribution is 7.87. The molecule has 4 aromatic carbocycles. The number of hydrogen-bond acceptors (Lipinski definition) is 7. The van der Waals surface area contributed by atoms with Crippen LogP contribution in [0.5, 0.6) is 0 Å². The van der Waals surface area contributed by atoms with Crippen molar-refractivity contribution in [2.45, 2.75) is 61.0 Å². The Labute approximate surface area is 262 Å². The van der Waals surface area contributed by atoms with E-state index in [9.17, 15) is 26.8 Å². The third-order valence-electron chi connectivity index (χ3n) is 7.91. The molecule has 0 amide bonds. The number of nitrogens with zero attached hydrogens (tertiary/aromatic N) is 3. The molecule has 0 radical (unpaired) electrons. The van der Waals surface area contributed by atoms with Gasteiger partial charge in [0.15, 0.2) is 0 Å². The van der Waals surface area contributed by atoms with Crippen molar-refractivity contribution in [3.05, 3.63) is 141 Å². The van der Waals surface area contributed by atoms with Crippen LogP contribution in [0.15, 0.2) is 106 Å². The van der Waals surface area contributed by atoms with Gasteiger partial charge >= 0.3 is 0 Å². The van der Waals surface area contributed by atoms with Gasteiger partial charge in [0.1, 0.15) is 11.9 Å². The van der Waals surface area contributed by atoms with Crippen LogP contribution in [-0.2, 0) is 35.0 Å². The van der Waals surface area contributed by atoms with Crippen LogP contribution < -0.4 is 0 Å². The van der Waals surface area contributed by atoms with Gasteiger partial charge in [-0.15, -0.1) is 0 Å². The Balaban J connectivity index is 1.48. The van der Waals surface area contributed by atoms with Crippen molar-refractivity contribution in [2.75, 3.05) is 6.61 Å². The molecule has 0 fully saturated rings. The summed E-state index contributed by atoms with van der Waals surface area (Å²) in [6, 6.07) is 23.3. The van der Waals surface area contributed by atoms with Gasteiger partial charge in [-0.3, -0.25) is 8.37 Å². The number of fused-ring (bicyclic) bond motifs is 2. The van der Waals surface area contributed by atoms with Gasteiger partial charge in [0.05, 0.1) is 22.4 Å². The number of rotatable bonds is 11. The first-order valence-electron chi connectivity index (χ1n) is 14.3. The molecule has 0 spiro atoms. The maximum absolute atomic E-state index is 14.5. The van der Waals surface area contributed by atoms with Crippen LogP contribution in [-0.4, -0.2) is 29.5 Å². The number of benzene rings is 4. The fourth-order valence-electron chi connectivity index (χ4n) is 5.57. The lowest BCUT2D eigenvalue weighted by molar-refractivity contribution is 0.125. The van der Waals surface area contributed by atoms with Crippen molar-refractivity contribution < 1.29 is 29.6 Å². The molecule has 9 nitrogen and oxygen atoms in total. The average molecular weight is 650 g/mol. The molecule has 1 aliphatic carbocycles. The summed E-state index contributed by atoms with van der Waals surface area (Å²) in [6.45, 7) is 3.05.